The summed E-state index contributed by atoms with van der Waals surface area (Å²) in [5.74, 6) is 1.53. The largest absolute Gasteiger partial charge is 0.497 e. The zero-order valence-corrected chi connectivity index (χ0v) is 26.1. The molecule has 0 aromatic heterocycles. The van der Waals surface area contributed by atoms with Crippen LogP contribution in [0.5, 0.6) is 5.75 Å². The van der Waals surface area contributed by atoms with Gasteiger partial charge in [0.05, 0.1) is 13.5 Å². The van der Waals surface area contributed by atoms with E-state index in [1.165, 1.54) is 4.90 Å². The van der Waals surface area contributed by atoms with Crippen molar-refractivity contribution < 1.29 is 28.7 Å². The highest BCUT2D eigenvalue weighted by molar-refractivity contribution is 6.00. The summed E-state index contributed by atoms with van der Waals surface area (Å²) >= 11 is 0. The lowest BCUT2D eigenvalue weighted by atomic mass is 9.96. The second-order valence-electron chi connectivity index (χ2n) is 11.8. The van der Waals surface area contributed by atoms with Gasteiger partial charge in [0.15, 0.2) is 0 Å². The molecule has 0 aliphatic heterocycles. The van der Waals surface area contributed by atoms with Crippen LogP contribution in [0, 0.1) is 18.3 Å². The van der Waals surface area contributed by atoms with Crippen LogP contribution in [0.4, 0.5) is 10.5 Å². The number of ether oxygens (including phenoxy) is 2. The quantitative estimate of drug-likeness (QED) is 0.286. The van der Waals surface area contributed by atoms with E-state index in [1.807, 2.05) is 6.92 Å². The maximum Gasteiger partial charge on any atom is 0.408 e. The minimum Gasteiger partial charge on any atom is -0.497 e. The van der Waals surface area contributed by atoms with E-state index >= 15 is 0 Å². The molecule has 0 aliphatic rings. The summed E-state index contributed by atoms with van der Waals surface area (Å²) in [5, 5.41) is 5.40. The second-order valence-corrected chi connectivity index (χ2v) is 11.8. The summed E-state index contributed by atoms with van der Waals surface area (Å²) < 4.78 is 10.6. The number of carbonyl (C=O) groups is 4. The highest BCUT2D eigenvalue weighted by atomic mass is 16.6. The molecule has 232 valence electrons. The Labute approximate surface area is 254 Å². The van der Waals surface area contributed by atoms with Crippen LogP contribution in [-0.2, 0) is 19.1 Å². The van der Waals surface area contributed by atoms with Gasteiger partial charge in [-0.2, -0.15) is 0 Å². The Hall–Kier alpha value is -4.52. The molecule has 2 rings (SSSR count). The molecule has 0 bridgehead atoms. The number of methoxy groups -OCH3 is 1. The minimum atomic E-state index is -1.38. The van der Waals surface area contributed by atoms with Gasteiger partial charge in [-0.3, -0.25) is 14.4 Å². The highest BCUT2D eigenvalue weighted by Gasteiger charge is 2.39. The highest BCUT2D eigenvalue weighted by Crippen LogP contribution is 2.29. The first kappa shape index (κ1) is 34.7. The van der Waals surface area contributed by atoms with Gasteiger partial charge in [-0.05, 0) is 88.4 Å². The topological polar surface area (TPSA) is 140 Å². The monoisotopic (exact) mass is 592 g/mol. The second kappa shape index (κ2) is 15.6. The van der Waals surface area contributed by atoms with Crippen LogP contribution >= 0.6 is 0 Å². The zero-order chi connectivity index (χ0) is 32.3. The maximum absolute atomic E-state index is 14.4. The van der Waals surface area contributed by atoms with E-state index in [-0.39, 0.29) is 0 Å². The zero-order valence-electron chi connectivity index (χ0n) is 26.1. The van der Waals surface area contributed by atoms with Crippen LogP contribution < -0.4 is 21.1 Å². The van der Waals surface area contributed by atoms with E-state index in [2.05, 4.69) is 30.4 Å². The summed E-state index contributed by atoms with van der Waals surface area (Å²) in [7, 11) is 1.54. The number of nitrogens with zero attached hydrogens (tertiary/aromatic N) is 1. The van der Waals surface area contributed by atoms with Crippen molar-refractivity contribution in [3.8, 4) is 18.1 Å². The molecule has 4 amide bonds. The van der Waals surface area contributed by atoms with Gasteiger partial charge in [0.1, 0.15) is 23.4 Å². The molecule has 2 aromatic rings. The van der Waals surface area contributed by atoms with Crippen molar-refractivity contribution in [2.24, 2.45) is 11.7 Å². The van der Waals surface area contributed by atoms with Crippen molar-refractivity contribution in [3.05, 3.63) is 59.7 Å². The number of hydrogen-bond acceptors (Lipinski definition) is 6. The van der Waals surface area contributed by atoms with E-state index < -0.39 is 54.0 Å². The van der Waals surface area contributed by atoms with Gasteiger partial charge in [0.25, 0.3) is 5.91 Å². The first-order chi connectivity index (χ1) is 20.1. The van der Waals surface area contributed by atoms with Crippen LogP contribution in [0.3, 0.4) is 0 Å². The number of amides is 4. The molecule has 0 fully saturated rings. The molecule has 0 aliphatic carbocycles. The van der Waals surface area contributed by atoms with Gasteiger partial charge >= 0.3 is 6.09 Å². The smallest absolute Gasteiger partial charge is 0.408 e. The van der Waals surface area contributed by atoms with Crippen molar-refractivity contribution in [1.29, 1.82) is 0 Å². The minimum absolute atomic E-state index is 0.321. The van der Waals surface area contributed by atoms with E-state index in [0.717, 1.165) is 6.42 Å². The van der Waals surface area contributed by atoms with Crippen molar-refractivity contribution in [1.82, 2.24) is 10.2 Å². The lowest BCUT2D eigenvalue weighted by molar-refractivity contribution is -0.144. The average Bonchev–Trinajstić information content (AvgIpc) is 2.93. The summed E-state index contributed by atoms with van der Waals surface area (Å²) in [4.78, 5) is 54.7. The van der Waals surface area contributed by atoms with Gasteiger partial charge in [-0.25, -0.2) is 4.79 Å². The Bertz CT molecular complexity index is 1290. The Kier molecular flexibility index (Phi) is 12.6. The third kappa shape index (κ3) is 11.0. The van der Waals surface area contributed by atoms with Crippen LogP contribution in [0.25, 0.3) is 0 Å². The number of benzene rings is 2. The molecule has 0 saturated heterocycles. The normalized spacial score (nSPS) is 13.2. The molecule has 10 nitrogen and oxygen atoms in total. The summed E-state index contributed by atoms with van der Waals surface area (Å²) in [6, 6.07) is 10.5. The molecule has 0 saturated carbocycles. The standard InChI is InChI=1S/C33H44N4O6/c1-9-23-12-14-24(15-13-23)29(30(39)35-25-16-18-26(42-8)19-17-25)37(22(4)11-10-21(2)3)31(40)27(20-28(34)38)36-32(41)43-33(5,6)7/h1,12-19,21-22,27,29H,10-11,20H2,2-8H3,(H2,34,38)(H,35,39)(H,36,41). The number of alkyl carbamates (subject to hydrolysis) is 1. The lowest BCUT2D eigenvalue weighted by Crippen LogP contribution is -2.55. The number of terminal acetylenes is 1. The van der Waals surface area contributed by atoms with Crippen molar-refractivity contribution in [2.75, 3.05) is 12.4 Å². The Morgan fingerprint density at radius 1 is 0.977 bits per heavy atom. The molecule has 0 heterocycles. The molecular formula is C33H44N4O6. The fourth-order valence-electron chi connectivity index (χ4n) is 4.43. The molecule has 2 aromatic carbocycles. The Balaban J connectivity index is 2.64. The fraction of sp³-hybridized carbons (Fsp3) is 0.455. The summed E-state index contributed by atoms with van der Waals surface area (Å²) in [6.45, 7) is 11.0. The van der Waals surface area contributed by atoms with Crippen LogP contribution in [0.2, 0.25) is 0 Å². The molecule has 43 heavy (non-hydrogen) atoms. The number of nitrogens with one attached hydrogen (secondary N) is 2. The maximum atomic E-state index is 14.4. The predicted molar refractivity (Wildman–Crippen MR) is 166 cm³/mol. The van der Waals surface area contributed by atoms with Gasteiger partial charge < -0.3 is 30.7 Å². The molecule has 3 unspecified atom stereocenters. The molecule has 0 spiro atoms. The van der Waals surface area contributed by atoms with E-state index in [9.17, 15) is 19.2 Å². The van der Waals surface area contributed by atoms with Crippen LogP contribution in [-0.4, -0.2) is 53.5 Å². The summed E-state index contributed by atoms with van der Waals surface area (Å²) in [6.07, 6.45) is 5.49. The Morgan fingerprint density at radius 2 is 1.58 bits per heavy atom. The first-order valence-electron chi connectivity index (χ1n) is 14.3. The predicted octanol–water partition coefficient (Wildman–Crippen LogP) is 4.78. The third-order valence-corrected chi connectivity index (χ3v) is 6.56. The van der Waals surface area contributed by atoms with Crippen LogP contribution in [0.1, 0.15) is 78.0 Å². The first-order valence-corrected chi connectivity index (χ1v) is 14.3. The van der Waals surface area contributed by atoms with E-state index in [1.54, 1.807) is 76.4 Å². The number of carbonyl (C=O) groups excluding carboxylic acids is 4. The van der Waals surface area contributed by atoms with Gasteiger partial charge in [-0.1, -0.05) is 31.9 Å². The van der Waals surface area contributed by atoms with Crippen molar-refractivity contribution in [2.45, 2.75) is 84.5 Å². The van der Waals surface area contributed by atoms with Crippen LogP contribution in [0.15, 0.2) is 48.5 Å². The molecule has 3 atom stereocenters. The van der Waals surface area contributed by atoms with Crippen molar-refractivity contribution >= 4 is 29.5 Å². The van der Waals surface area contributed by atoms with E-state index in [0.29, 0.717) is 34.9 Å². The Morgan fingerprint density at radius 3 is 2.07 bits per heavy atom. The SMILES string of the molecule is C#Cc1ccc(C(C(=O)Nc2ccc(OC)cc2)N(C(=O)C(CC(N)=O)NC(=O)OC(C)(C)C)C(C)CCC(C)C)cc1. The number of primary amides is 1. The summed E-state index contributed by atoms with van der Waals surface area (Å²) in [5.41, 5.74) is 6.23. The number of rotatable bonds is 13. The fourth-order valence-corrected chi connectivity index (χ4v) is 4.43. The molecule has 0 radical (unpaired) electrons. The average molecular weight is 593 g/mol. The lowest BCUT2D eigenvalue weighted by Gasteiger charge is -2.38. The number of hydrogen-bond donors (Lipinski definition) is 3. The van der Waals surface area contributed by atoms with Crippen molar-refractivity contribution in [3.63, 3.8) is 0 Å². The molecule has 10 heteroatoms. The van der Waals surface area contributed by atoms with Gasteiger partial charge in [0.2, 0.25) is 11.8 Å². The van der Waals surface area contributed by atoms with E-state index in [4.69, 9.17) is 21.6 Å². The van der Waals surface area contributed by atoms with Gasteiger partial charge in [-0.15, -0.1) is 6.42 Å². The molecular weight excluding hydrogens is 548 g/mol. The van der Waals surface area contributed by atoms with Gasteiger partial charge in [0, 0.05) is 17.3 Å². The molecule has 4 N–H and O–H groups in total. The number of anilines is 1. The third-order valence-electron chi connectivity index (χ3n) is 6.56. The number of nitrogens with two attached hydrogens (primary N) is 1.